The van der Waals surface area contributed by atoms with Crippen LogP contribution in [-0.4, -0.2) is 75.9 Å². The lowest BCUT2D eigenvalue weighted by Gasteiger charge is -2.27. The van der Waals surface area contributed by atoms with Gasteiger partial charge in [-0.2, -0.15) is 4.31 Å². The average molecular weight is 387 g/mol. The van der Waals surface area contributed by atoms with Crippen LogP contribution in [0.5, 0.6) is 0 Å². The Balaban J connectivity index is 1.46. The summed E-state index contributed by atoms with van der Waals surface area (Å²) in [5.41, 5.74) is 0. The van der Waals surface area contributed by atoms with Crippen LogP contribution in [0.4, 0.5) is 0 Å². The molecule has 1 aromatic rings. The quantitative estimate of drug-likeness (QED) is 0.694. The molecule has 0 radical (unpaired) electrons. The van der Waals surface area contributed by atoms with Crippen molar-refractivity contribution in [3.05, 3.63) is 17.0 Å². The molecule has 0 aliphatic carbocycles. The van der Waals surface area contributed by atoms with Crippen molar-refractivity contribution in [2.45, 2.75) is 23.5 Å². The van der Waals surface area contributed by atoms with Crippen LogP contribution in [0.3, 0.4) is 0 Å². The summed E-state index contributed by atoms with van der Waals surface area (Å²) in [5.74, 6) is -0.0536. The second-order valence-corrected chi connectivity index (χ2v) is 9.78. The van der Waals surface area contributed by atoms with Gasteiger partial charge in [0.2, 0.25) is 5.91 Å². The monoisotopic (exact) mass is 386 g/mol. The Kier molecular flexibility index (Phi) is 6.45. The van der Waals surface area contributed by atoms with E-state index in [2.05, 4.69) is 15.5 Å². The van der Waals surface area contributed by atoms with E-state index >= 15 is 0 Å². The predicted octanol–water partition coefficient (Wildman–Crippen LogP) is 0.0965. The summed E-state index contributed by atoms with van der Waals surface area (Å²) >= 11 is 1.21. The van der Waals surface area contributed by atoms with E-state index in [0.29, 0.717) is 23.8 Å². The Morgan fingerprint density at radius 3 is 2.60 bits per heavy atom. The van der Waals surface area contributed by atoms with Crippen molar-refractivity contribution < 1.29 is 13.2 Å². The van der Waals surface area contributed by atoms with E-state index in [1.54, 1.807) is 12.1 Å². The van der Waals surface area contributed by atoms with Gasteiger partial charge in [-0.1, -0.05) is 0 Å². The predicted molar refractivity (Wildman–Crippen MR) is 98.3 cm³/mol. The molecule has 0 aromatic carbocycles. The highest BCUT2D eigenvalue weighted by molar-refractivity contribution is 7.91. The number of piperazine rings is 1. The standard InChI is InChI=1S/C16H26N4O3S2/c21-15(18-7-12-19-10-5-17-6-11-19)13-14-3-4-16(24-14)25(22,23)20-8-1-2-9-20/h3-4,17H,1-2,5-13H2,(H,18,21). The van der Waals surface area contributed by atoms with Gasteiger partial charge < -0.3 is 10.6 Å². The molecule has 0 atom stereocenters. The summed E-state index contributed by atoms with van der Waals surface area (Å²) in [6.45, 7) is 6.70. The number of hydrogen-bond donors (Lipinski definition) is 2. The lowest BCUT2D eigenvalue weighted by Crippen LogP contribution is -2.46. The van der Waals surface area contributed by atoms with E-state index in [0.717, 1.165) is 50.4 Å². The summed E-state index contributed by atoms with van der Waals surface area (Å²) < 4.78 is 26.9. The fourth-order valence-corrected chi connectivity index (χ4v) is 6.18. The third-order valence-electron chi connectivity index (χ3n) is 4.59. The summed E-state index contributed by atoms with van der Waals surface area (Å²) in [4.78, 5) is 15.2. The fraction of sp³-hybridized carbons (Fsp3) is 0.688. The van der Waals surface area contributed by atoms with Crippen molar-refractivity contribution in [2.75, 3.05) is 52.4 Å². The Morgan fingerprint density at radius 2 is 1.88 bits per heavy atom. The number of amides is 1. The van der Waals surface area contributed by atoms with Gasteiger partial charge in [-0.05, 0) is 25.0 Å². The maximum atomic E-state index is 12.5. The lowest BCUT2D eigenvalue weighted by atomic mass is 10.3. The van der Waals surface area contributed by atoms with Gasteiger partial charge in [-0.3, -0.25) is 9.69 Å². The molecule has 2 aliphatic heterocycles. The van der Waals surface area contributed by atoms with Crippen LogP contribution in [0.25, 0.3) is 0 Å². The smallest absolute Gasteiger partial charge is 0.252 e. The lowest BCUT2D eigenvalue weighted by molar-refractivity contribution is -0.120. The number of nitrogens with one attached hydrogen (secondary N) is 2. The number of rotatable bonds is 7. The molecule has 3 heterocycles. The first-order valence-corrected chi connectivity index (χ1v) is 11.1. The highest BCUT2D eigenvalue weighted by Crippen LogP contribution is 2.27. The Hall–Kier alpha value is -1.00. The van der Waals surface area contributed by atoms with Crippen molar-refractivity contribution in [3.63, 3.8) is 0 Å². The summed E-state index contributed by atoms with van der Waals surface area (Å²) in [6.07, 6.45) is 2.08. The molecule has 0 spiro atoms. The van der Waals surface area contributed by atoms with Gasteiger partial charge in [0.25, 0.3) is 10.0 Å². The molecular weight excluding hydrogens is 360 g/mol. The number of carbonyl (C=O) groups excluding carboxylic acids is 1. The van der Waals surface area contributed by atoms with Gasteiger partial charge in [-0.15, -0.1) is 11.3 Å². The topological polar surface area (TPSA) is 81.8 Å². The van der Waals surface area contributed by atoms with Crippen molar-refractivity contribution in [3.8, 4) is 0 Å². The highest BCUT2D eigenvalue weighted by atomic mass is 32.2. The van der Waals surface area contributed by atoms with Crippen LogP contribution in [0.1, 0.15) is 17.7 Å². The Morgan fingerprint density at radius 1 is 1.16 bits per heavy atom. The highest BCUT2D eigenvalue weighted by Gasteiger charge is 2.28. The molecule has 0 unspecified atom stereocenters. The molecule has 2 saturated heterocycles. The molecule has 2 fully saturated rings. The molecule has 9 heteroatoms. The zero-order chi connectivity index (χ0) is 17.7. The fourth-order valence-electron chi connectivity index (χ4n) is 3.16. The summed E-state index contributed by atoms with van der Waals surface area (Å²) in [5, 5.41) is 6.23. The molecule has 1 aromatic heterocycles. The largest absolute Gasteiger partial charge is 0.355 e. The SMILES string of the molecule is O=C(Cc1ccc(S(=O)(=O)N2CCCC2)s1)NCCN1CCNCC1. The summed E-state index contributed by atoms with van der Waals surface area (Å²) in [6, 6.07) is 3.38. The minimum absolute atomic E-state index is 0.0536. The zero-order valence-electron chi connectivity index (χ0n) is 14.4. The minimum Gasteiger partial charge on any atom is -0.355 e. The average Bonchev–Trinajstić information content (AvgIpc) is 3.28. The number of hydrogen-bond acceptors (Lipinski definition) is 6. The molecular formula is C16H26N4O3S2. The number of nitrogens with zero attached hydrogens (tertiary/aromatic N) is 2. The third-order valence-corrected chi connectivity index (χ3v) is 8.04. The van der Waals surface area contributed by atoms with Crippen molar-refractivity contribution in [1.29, 1.82) is 0 Å². The molecule has 2 aliphatic rings. The summed E-state index contributed by atoms with van der Waals surface area (Å²) in [7, 11) is -3.38. The zero-order valence-corrected chi connectivity index (χ0v) is 16.0. The van der Waals surface area contributed by atoms with Gasteiger partial charge >= 0.3 is 0 Å². The van der Waals surface area contributed by atoms with E-state index in [4.69, 9.17) is 0 Å². The van der Waals surface area contributed by atoms with Crippen LogP contribution in [-0.2, 0) is 21.2 Å². The molecule has 1 amide bonds. The molecule has 0 saturated carbocycles. The second kappa shape index (κ2) is 8.59. The maximum absolute atomic E-state index is 12.5. The molecule has 25 heavy (non-hydrogen) atoms. The van der Waals surface area contributed by atoms with Crippen LogP contribution < -0.4 is 10.6 Å². The third kappa shape index (κ3) is 5.01. The number of thiophene rings is 1. The van der Waals surface area contributed by atoms with Gasteiger partial charge in [0.1, 0.15) is 4.21 Å². The number of carbonyl (C=O) groups is 1. The first-order valence-electron chi connectivity index (χ1n) is 8.84. The van der Waals surface area contributed by atoms with E-state index in [1.807, 2.05) is 0 Å². The molecule has 2 N–H and O–H groups in total. The van der Waals surface area contributed by atoms with E-state index in [9.17, 15) is 13.2 Å². The van der Waals surface area contributed by atoms with Crippen molar-refractivity contribution in [1.82, 2.24) is 19.8 Å². The van der Waals surface area contributed by atoms with Gasteiger partial charge in [0.15, 0.2) is 0 Å². The molecule has 140 valence electrons. The molecule has 0 bridgehead atoms. The van der Waals surface area contributed by atoms with Crippen LogP contribution in [0, 0.1) is 0 Å². The van der Waals surface area contributed by atoms with Crippen LogP contribution in [0.15, 0.2) is 16.3 Å². The molecule has 7 nitrogen and oxygen atoms in total. The second-order valence-electron chi connectivity index (χ2n) is 6.45. The van der Waals surface area contributed by atoms with E-state index in [-0.39, 0.29) is 12.3 Å². The van der Waals surface area contributed by atoms with Crippen molar-refractivity contribution in [2.24, 2.45) is 0 Å². The van der Waals surface area contributed by atoms with Gasteiger partial charge in [0, 0.05) is 57.2 Å². The maximum Gasteiger partial charge on any atom is 0.252 e. The first-order chi connectivity index (χ1) is 12.1. The number of sulfonamides is 1. The van der Waals surface area contributed by atoms with Crippen LogP contribution in [0.2, 0.25) is 0 Å². The van der Waals surface area contributed by atoms with E-state index < -0.39 is 10.0 Å². The Bertz CT molecular complexity index is 677. The van der Waals surface area contributed by atoms with Gasteiger partial charge in [0.05, 0.1) is 6.42 Å². The van der Waals surface area contributed by atoms with Crippen molar-refractivity contribution >= 4 is 27.3 Å². The molecule has 3 rings (SSSR count). The van der Waals surface area contributed by atoms with E-state index in [1.165, 1.54) is 15.6 Å². The van der Waals surface area contributed by atoms with Gasteiger partial charge in [-0.25, -0.2) is 8.42 Å². The minimum atomic E-state index is -3.38. The Labute approximate surface area is 153 Å². The van der Waals surface area contributed by atoms with Crippen LogP contribution >= 0.6 is 11.3 Å². The first kappa shape index (κ1) is 18.8. The normalized spacial score (nSPS) is 20.0.